The highest BCUT2D eigenvalue weighted by Crippen LogP contribution is 2.28. The van der Waals surface area contributed by atoms with Crippen LogP contribution in [-0.4, -0.2) is 17.1 Å². The van der Waals surface area contributed by atoms with Crippen LogP contribution in [0.1, 0.15) is 17.7 Å². The van der Waals surface area contributed by atoms with Crippen molar-refractivity contribution in [3.8, 4) is 0 Å². The minimum atomic E-state index is -0.961. The van der Waals surface area contributed by atoms with Gasteiger partial charge in [0.15, 0.2) is 0 Å². The van der Waals surface area contributed by atoms with Gasteiger partial charge in [0.25, 0.3) is 0 Å². The monoisotopic (exact) mass is 263 g/mol. The van der Waals surface area contributed by atoms with E-state index in [1.807, 2.05) is 18.4 Å². The first-order chi connectivity index (χ1) is 6.02. The van der Waals surface area contributed by atoms with E-state index < -0.39 is 12.0 Å². The van der Waals surface area contributed by atoms with Gasteiger partial charge in [-0.05, 0) is 22.0 Å². The number of hydrogen-bond donors (Lipinski definition) is 2. The SMILES string of the molecule is CC(c1cc(Br)cs1)C(N)C(=O)O. The Kier molecular flexibility index (Phi) is 3.47. The third-order valence-electron chi connectivity index (χ3n) is 1.86. The molecule has 5 heteroatoms. The molecule has 0 spiro atoms. The van der Waals surface area contributed by atoms with Gasteiger partial charge in [-0.3, -0.25) is 4.79 Å². The summed E-state index contributed by atoms with van der Waals surface area (Å²) in [7, 11) is 0. The molecule has 2 atom stereocenters. The van der Waals surface area contributed by atoms with E-state index in [-0.39, 0.29) is 5.92 Å². The Hall–Kier alpha value is -0.390. The molecule has 0 aliphatic rings. The van der Waals surface area contributed by atoms with E-state index in [2.05, 4.69) is 15.9 Å². The lowest BCUT2D eigenvalue weighted by atomic mass is 10.0. The molecule has 3 nitrogen and oxygen atoms in total. The second kappa shape index (κ2) is 4.21. The minimum absolute atomic E-state index is 0.145. The van der Waals surface area contributed by atoms with Crippen molar-refractivity contribution < 1.29 is 9.90 Å². The van der Waals surface area contributed by atoms with Crippen LogP contribution in [0.15, 0.2) is 15.9 Å². The van der Waals surface area contributed by atoms with Gasteiger partial charge in [0.1, 0.15) is 6.04 Å². The molecule has 0 aliphatic carbocycles. The van der Waals surface area contributed by atoms with E-state index in [0.29, 0.717) is 0 Å². The van der Waals surface area contributed by atoms with Gasteiger partial charge in [-0.1, -0.05) is 6.92 Å². The topological polar surface area (TPSA) is 63.3 Å². The van der Waals surface area contributed by atoms with Crippen molar-refractivity contribution in [1.29, 1.82) is 0 Å². The highest BCUT2D eigenvalue weighted by atomic mass is 79.9. The zero-order chi connectivity index (χ0) is 10.0. The summed E-state index contributed by atoms with van der Waals surface area (Å²) in [5.41, 5.74) is 5.49. The van der Waals surface area contributed by atoms with Crippen molar-refractivity contribution >= 4 is 33.2 Å². The van der Waals surface area contributed by atoms with Gasteiger partial charge in [-0.25, -0.2) is 0 Å². The summed E-state index contributed by atoms with van der Waals surface area (Å²) < 4.78 is 0.969. The molecule has 0 saturated carbocycles. The number of carboxylic acids is 1. The number of halogens is 1. The fraction of sp³-hybridized carbons (Fsp3) is 0.375. The molecule has 0 radical (unpaired) electrons. The van der Waals surface area contributed by atoms with Crippen LogP contribution >= 0.6 is 27.3 Å². The number of hydrogen-bond acceptors (Lipinski definition) is 3. The average Bonchev–Trinajstić information content (AvgIpc) is 2.49. The van der Waals surface area contributed by atoms with Crippen molar-refractivity contribution in [1.82, 2.24) is 0 Å². The standard InChI is InChI=1S/C8H10BrNO2S/c1-4(7(10)8(11)12)6-2-5(9)3-13-6/h2-4,7H,10H2,1H3,(H,11,12). The summed E-state index contributed by atoms with van der Waals surface area (Å²) >= 11 is 4.82. The van der Waals surface area contributed by atoms with E-state index in [4.69, 9.17) is 10.8 Å². The Morgan fingerprint density at radius 3 is 2.77 bits per heavy atom. The molecule has 0 bridgehead atoms. The predicted molar refractivity (Wildman–Crippen MR) is 56.0 cm³/mol. The Morgan fingerprint density at radius 1 is 1.77 bits per heavy atom. The summed E-state index contributed by atoms with van der Waals surface area (Å²) in [6.07, 6.45) is 0. The van der Waals surface area contributed by atoms with Gasteiger partial charge in [-0.15, -0.1) is 11.3 Å². The lowest BCUT2D eigenvalue weighted by Crippen LogP contribution is -2.34. The maximum absolute atomic E-state index is 10.6. The molecule has 72 valence electrons. The van der Waals surface area contributed by atoms with Crippen LogP contribution in [0.3, 0.4) is 0 Å². The molecule has 1 aromatic heterocycles. The summed E-state index contributed by atoms with van der Waals surface area (Å²) in [6.45, 7) is 1.82. The van der Waals surface area contributed by atoms with Crippen LogP contribution in [0, 0.1) is 0 Å². The van der Waals surface area contributed by atoms with Crippen LogP contribution in [0.25, 0.3) is 0 Å². The van der Waals surface area contributed by atoms with Crippen molar-refractivity contribution in [3.05, 3.63) is 20.8 Å². The van der Waals surface area contributed by atoms with Gasteiger partial charge in [0.05, 0.1) is 0 Å². The molecule has 0 saturated heterocycles. The molecule has 0 fully saturated rings. The summed E-state index contributed by atoms with van der Waals surface area (Å²) in [5.74, 6) is -1.11. The molecule has 0 aliphatic heterocycles. The van der Waals surface area contributed by atoms with E-state index in [1.54, 1.807) is 0 Å². The second-order valence-electron chi connectivity index (χ2n) is 2.82. The molecule has 0 amide bonds. The zero-order valence-corrected chi connectivity index (χ0v) is 9.43. The lowest BCUT2D eigenvalue weighted by molar-refractivity contribution is -0.138. The summed E-state index contributed by atoms with van der Waals surface area (Å²) in [6, 6.07) is 1.07. The van der Waals surface area contributed by atoms with E-state index in [1.165, 1.54) is 11.3 Å². The van der Waals surface area contributed by atoms with Crippen LogP contribution in [0.5, 0.6) is 0 Å². The number of rotatable bonds is 3. The third kappa shape index (κ3) is 2.52. The van der Waals surface area contributed by atoms with Gasteiger partial charge in [0, 0.05) is 20.6 Å². The quantitative estimate of drug-likeness (QED) is 0.877. The molecule has 1 aromatic rings. The van der Waals surface area contributed by atoms with Crippen LogP contribution in [0.2, 0.25) is 0 Å². The van der Waals surface area contributed by atoms with Crippen LogP contribution < -0.4 is 5.73 Å². The Bertz CT molecular complexity index is 313. The molecule has 1 rings (SSSR count). The van der Waals surface area contributed by atoms with Gasteiger partial charge < -0.3 is 10.8 Å². The van der Waals surface area contributed by atoms with Crippen molar-refractivity contribution in [2.45, 2.75) is 18.9 Å². The number of thiophene rings is 1. The normalized spacial score (nSPS) is 15.3. The first kappa shape index (κ1) is 10.7. The van der Waals surface area contributed by atoms with Crippen molar-refractivity contribution in [2.24, 2.45) is 5.73 Å². The third-order valence-corrected chi connectivity index (χ3v) is 3.75. The summed E-state index contributed by atoms with van der Waals surface area (Å²) in [4.78, 5) is 11.6. The predicted octanol–water partition coefficient (Wildman–Crippen LogP) is 2.03. The lowest BCUT2D eigenvalue weighted by Gasteiger charge is -2.13. The largest absolute Gasteiger partial charge is 0.480 e. The number of nitrogens with two attached hydrogens (primary N) is 1. The molecule has 3 N–H and O–H groups in total. The van der Waals surface area contributed by atoms with Gasteiger partial charge in [0.2, 0.25) is 0 Å². The maximum Gasteiger partial charge on any atom is 0.321 e. The fourth-order valence-corrected chi connectivity index (χ4v) is 2.51. The molecule has 13 heavy (non-hydrogen) atoms. The molecule has 0 aromatic carbocycles. The number of carboxylic acid groups (broad SMARTS) is 1. The Labute approximate surface area is 88.7 Å². The first-order valence-electron chi connectivity index (χ1n) is 3.74. The fourth-order valence-electron chi connectivity index (χ4n) is 0.958. The molecule has 1 heterocycles. The number of aliphatic carboxylic acids is 1. The molecular formula is C8H10BrNO2S. The van der Waals surface area contributed by atoms with Gasteiger partial charge >= 0.3 is 5.97 Å². The van der Waals surface area contributed by atoms with Gasteiger partial charge in [-0.2, -0.15) is 0 Å². The molecule has 2 unspecified atom stereocenters. The van der Waals surface area contributed by atoms with Crippen molar-refractivity contribution in [3.63, 3.8) is 0 Å². The highest BCUT2D eigenvalue weighted by molar-refractivity contribution is 9.10. The molecular weight excluding hydrogens is 254 g/mol. The Morgan fingerprint density at radius 2 is 2.38 bits per heavy atom. The maximum atomic E-state index is 10.6. The number of carbonyl (C=O) groups is 1. The zero-order valence-electron chi connectivity index (χ0n) is 7.03. The van der Waals surface area contributed by atoms with Crippen LogP contribution in [0.4, 0.5) is 0 Å². The summed E-state index contributed by atoms with van der Waals surface area (Å²) in [5, 5.41) is 10.6. The van der Waals surface area contributed by atoms with Crippen molar-refractivity contribution in [2.75, 3.05) is 0 Å². The second-order valence-corrected chi connectivity index (χ2v) is 4.68. The van der Waals surface area contributed by atoms with Crippen LogP contribution in [-0.2, 0) is 4.79 Å². The van der Waals surface area contributed by atoms with E-state index >= 15 is 0 Å². The average molecular weight is 264 g/mol. The highest BCUT2D eigenvalue weighted by Gasteiger charge is 2.22. The minimum Gasteiger partial charge on any atom is -0.480 e. The smallest absolute Gasteiger partial charge is 0.321 e. The Balaban J connectivity index is 2.78. The first-order valence-corrected chi connectivity index (χ1v) is 5.42. The van der Waals surface area contributed by atoms with E-state index in [0.717, 1.165) is 9.35 Å². The van der Waals surface area contributed by atoms with E-state index in [9.17, 15) is 4.79 Å².